The second kappa shape index (κ2) is 10.8. The standard InChI is InChI=1S/C22H27N7O.2BrH/c1-3-13(2)19-21(30)29-12-18(15-11-26-16-8-5-4-7-14(15)16)27-17(20(29)28-19)9-6-10-25-22(23)24;;/h4-5,7-8,11-13,26,30H,3,6,9-10H2,1-2H3,(H4,23,24,25);2*1H. The molecule has 3 aromatic heterocycles. The lowest BCUT2D eigenvalue weighted by Crippen LogP contribution is -2.23. The van der Waals surface area contributed by atoms with Gasteiger partial charge >= 0.3 is 0 Å². The van der Waals surface area contributed by atoms with Gasteiger partial charge < -0.3 is 21.6 Å². The molecule has 0 bridgehead atoms. The number of aromatic nitrogens is 4. The summed E-state index contributed by atoms with van der Waals surface area (Å²) in [7, 11) is 0. The Bertz CT molecular complexity index is 1230. The maximum atomic E-state index is 10.9. The Balaban J connectivity index is 0.00000181. The van der Waals surface area contributed by atoms with Gasteiger partial charge in [0.15, 0.2) is 11.6 Å². The lowest BCUT2D eigenvalue weighted by Gasteiger charge is -2.07. The highest BCUT2D eigenvalue weighted by atomic mass is 79.9. The van der Waals surface area contributed by atoms with Crippen molar-refractivity contribution in [2.45, 2.75) is 39.0 Å². The zero-order chi connectivity index (χ0) is 21.3. The van der Waals surface area contributed by atoms with Crippen LogP contribution in [0.5, 0.6) is 5.88 Å². The average molecular weight is 567 g/mol. The molecule has 4 rings (SSSR count). The second-order valence-corrected chi connectivity index (χ2v) is 7.55. The maximum Gasteiger partial charge on any atom is 0.219 e. The quantitative estimate of drug-likeness (QED) is 0.149. The number of nitrogens with zero attached hydrogens (tertiary/aromatic N) is 4. The number of halogens is 2. The van der Waals surface area contributed by atoms with Crippen molar-refractivity contribution < 1.29 is 5.11 Å². The van der Waals surface area contributed by atoms with Crippen LogP contribution in [0.2, 0.25) is 0 Å². The van der Waals surface area contributed by atoms with Crippen LogP contribution >= 0.6 is 34.0 Å². The molecule has 10 heteroatoms. The monoisotopic (exact) mass is 565 g/mol. The average Bonchev–Trinajstić information content (AvgIpc) is 3.32. The normalized spacial score (nSPS) is 11.7. The van der Waals surface area contributed by atoms with Crippen LogP contribution in [0.4, 0.5) is 0 Å². The smallest absolute Gasteiger partial charge is 0.219 e. The molecule has 1 aromatic carbocycles. The zero-order valence-corrected chi connectivity index (χ0v) is 21.5. The number of nitrogens with two attached hydrogens (primary N) is 2. The number of aryl methyl sites for hydroxylation is 1. The number of nitrogens with one attached hydrogen (secondary N) is 1. The summed E-state index contributed by atoms with van der Waals surface area (Å²) < 4.78 is 1.75. The molecule has 4 aromatic rings. The number of benzene rings is 1. The van der Waals surface area contributed by atoms with E-state index in [1.165, 1.54) is 0 Å². The summed E-state index contributed by atoms with van der Waals surface area (Å²) in [6.07, 6.45) is 6.07. The summed E-state index contributed by atoms with van der Waals surface area (Å²) in [4.78, 5) is 17.0. The number of para-hydroxylation sites is 1. The summed E-state index contributed by atoms with van der Waals surface area (Å²) in [6.45, 7) is 4.66. The van der Waals surface area contributed by atoms with Crippen molar-refractivity contribution >= 4 is 56.5 Å². The first kappa shape index (κ1) is 25.7. The Morgan fingerprint density at radius 1 is 1.22 bits per heavy atom. The number of aromatic amines is 1. The minimum atomic E-state index is 0. The Morgan fingerprint density at radius 3 is 2.69 bits per heavy atom. The molecule has 0 radical (unpaired) electrons. The molecule has 0 spiro atoms. The van der Waals surface area contributed by atoms with Crippen LogP contribution in [-0.2, 0) is 6.42 Å². The number of imidazole rings is 1. The second-order valence-electron chi connectivity index (χ2n) is 7.55. The van der Waals surface area contributed by atoms with E-state index < -0.39 is 0 Å². The highest BCUT2D eigenvalue weighted by molar-refractivity contribution is 8.93. The fourth-order valence-corrected chi connectivity index (χ4v) is 3.67. The van der Waals surface area contributed by atoms with Crippen molar-refractivity contribution in [3.8, 4) is 17.1 Å². The first-order valence-corrected chi connectivity index (χ1v) is 10.2. The molecule has 1 atom stereocenters. The first-order valence-electron chi connectivity index (χ1n) is 10.2. The largest absolute Gasteiger partial charge is 0.493 e. The van der Waals surface area contributed by atoms with Crippen LogP contribution < -0.4 is 11.5 Å². The molecule has 172 valence electrons. The van der Waals surface area contributed by atoms with Gasteiger partial charge in [-0.2, -0.15) is 0 Å². The fraction of sp³-hybridized carbons (Fsp3) is 0.318. The zero-order valence-electron chi connectivity index (χ0n) is 18.1. The SMILES string of the molecule is Br.Br.CCC(C)c1nc2c(CCCN=C(N)N)nc(-c3c[nH]c4ccccc34)cn2c1O. The summed E-state index contributed by atoms with van der Waals surface area (Å²) in [6, 6.07) is 8.09. The number of fused-ring (bicyclic) bond motifs is 2. The van der Waals surface area contributed by atoms with Crippen LogP contribution in [0.1, 0.15) is 44.0 Å². The Hall–Kier alpha value is -2.59. The Morgan fingerprint density at radius 2 is 1.97 bits per heavy atom. The van der Waals surface area contributed by atoms with E-state index in [2.05, 4.69) is 29.9 Å². The molecule has 0 aliphatic carbocycles. The van der Waals surface area contributed by atoms with E-state index in [1.807, 2.05) is 30.6 Å². The van der Waals surface area contributed by atoms with Gasteiger partial charge in [0.2, 0.25) is 5.88 Å². The third-order valence-electron chi connectivity index (χ3n) is 5.49. The number of aliphatic imine (C=N–C) groups is 1. The predicted molar refractivity (Wildman–Crippen MR) is 140 cm³/mol. The molecule has 3 heterocycles. The molecule has 1 unspecified atom stereocenters. The van der Waals surface area contributed by atoms with Gasteiger partial charge in [0.1, 0.15) is 5.69 Å². The molecule has 8 nitrogen and oxygen atoms in total. The van der Waals surface area contributed by atoms with E-state index in [-0.39, 0.29) is 51.7 Å². The third kappa shape index (κ3) is 4.91. The van der Waals surface area contributed by atoms with Gasteiger partial charge in [-0.1, -0.05) is 32.0 Å². The van der Waals surface area contributed by atoms with Gasteiger partial charge in [0.25, 0.3) is 0 Å². The molecule has 0 aliphatic rings. The van der Waals surface area contributed by atoms with Gasteiger partial charge in [-0.3, -0.25) is 9.39 Å². The lowest BCUT2D eigenvalue weighted by atomic mass is 10.1. The Labute approximate surface area is 207 Å². The van der Waals surface area contributed by atoms with E-state index in [9.17, 15) is 5.11 Å². The van der Waals surface area contributed by atoms with Gasteiger partial charge in [0.05, 0.1) is 11.4 Å². The molecule has 0 amide bonds. The van der Waals surface area contributed by atoms with E-state index in [0.717, 1.165) is 40.7 Å². The van der Waals surface area contributed by atoms with Crippen molar-refractivity contribution in [2.75, 3.05) is 6.54 Å². The Kier molecular flexibility index (Phi) is 8.68. The maximum absolute atomic E-state index is 10.9. The number of hydrogen-bond acceptors (Lipinski definition) is 4. The van der Waals surface area contributed by atoms with E-state index >= 15 is 0 Å². The highest BCUT2D eigenvalue weighted by Gasteiger charge is 2.20. The summed E-state index contributed by atoms with van der Waals surface area (Å²) in [5.74, 6) is 0.405. The third-order valence-corrected chi connectivity index (χ3v) is 5.49. The minimum absolute atomic E-state index is 0. The topological polar surface area (TPSA) is 131 Å². The first-order chi connectivity index (χ1) is 14.5. The van der Waals surface area contributed by atoms with Crippen LogP contribution in [0, 0.1) is 0 Å². The van der Waals surface area contributed by atoms with E-state index in [4.69, 9.17) is 21.4 Å². The summed E-state index contributed by atoms with van der Waals surface area (Å²) in [5, 5.41) is 12.0. The van der Waals surface area contributed by atoms with Crippen LogP contribution in [-0.4, -0.2) is 37.0 Å². The number of H-pyrrole nitrogens is 1. The number of rotatable bonds is 7. The summed E-state index contributed by atoms with van der Waals surface area (Å²) >= 11 is 0. The van der Waals surface area contributed by atoms with Crippen molar-refractivity contribution in [1.29, 1.82) is 0 Å². The molecule has 0 saturated carbocycles. The van der Waals surface area contributed by atoms with Crippen LogP contribution in [0.25, 0.3) is 27.8 Å². The van der Waals surface area contributed by atoms with Gasteiger partial charge in [-0.25, -0.2) is 9.97 Å². The number of aromatic hydroxyl groups is 1. The summed E-state index contributed by atoms with van der Waals surface area (Å²) in [5.41, 5.74) is 15.9. The van der Waals surface area contributed by atoms with E-state index in [1.54, 1.807) is 4.40 Å². The lowest BCUT2D eigenvalue weighted by molar-refractivity contribution is 0.435. The molecular formula is C22H29Br2N7O. The van der Waals surface area contributed by atoms with Gasteiger partial charge in [-0.05, 0) is 25.3 Å². The van der Waals surface area contributed by atoms with Crippen LogP contribution in [0.15, 0.2) is 41.7 Å². The molecule has 6 N–H and O–H groups in total. The van der Waals surface area contributed by atoms with Crippen molar-refractivity contribution in [3.63, 3.8) is 0 Å². The van der Waals surface area contributed by atoms with E-state index in [0.29, 0.717) is 24.3 Å². The fourth-order valence-electron chi connectivity index (χ4n) is 3.67. The predicted octanol–water partition coefficient (Wildman–Crippen LogP) is 4.46. The molecule has 32 heavy (non-hydrogen) atoms. The van der Waals surface area contributed by atoms with Gasteiger partial charge in [0, 0.05) is 41.3 Å². The molecule has 0 fully saturated rings. The van der Waals surface area contributed by atoms with Crippen molar-refractivity contribution in [1.82, 2.24) is 19.4 Å². The molecule has 0 aliphatic heterocycles. The van der Waals surface area contributed by atoms with Crippen LogP contribution in [0.3, 0.4) is 0 Å². The van der Waals surface area contributed by atoms with Gasteiger partial charge in [-0.15, -0.1) is 34.0 Å². The van der Waals surface area contributed by atoms with Crippen molar-refractivity contribution in [2.24, 2.45) is 16.5 Å². The number of guanidine groups is 1. The van der Waals surface area contributed by atoms with Crippen molar-refractivity contribution in [3.05, 3.63) is 48.0 Å². The highest BCUT2D eigenvalue weighted by Crippen LogP contribution is 2.33. The molecule has 0 saturated heterocycles. The minimum Gasteiger partial charge on any atom is -0.493 e. The number of hydrogen-bond donors (Lipinski definition) is 4. The molecular weight excluding hydrogens is 538 g/mol.